The van der Waals surface area contributed by atoms with Gasteiger partial charge >= 0.3 is 0 Å². The minimum Gasteiger partial charge on any atom is -0.494 e. The molecule has 7 heteroatoms. The van der Waals surface area contributed by atoms with E-state index in [9.17, 15) is 4.39 Å². The number of rotatable bonds is 5. The third-order valence-electron chi connectivity index (χ3n) is 3.43. The number of methoxy groups -OCH3 is 1. The molecule has 0 unspecified atom stereocenters. The van der Waals surface area contributed by atoms with Gasteiger partial charge in [-0.1, -0.05) is 29.4 Å². The Kier molecular flexibility index (Phi) is 4.18. The minimum atomic E-state index is -0.388. The van der Waals surface area contributed by atoms with Gasteiger partial charge in [-0.05, 0) is 40.3 Å². The minimum absolute atomic E-state index is 0.227. The highest BCUT2D eigenvalue weighted by atomic mass is 19.1. The number of tetrazole rings is 1. The molecule has 0 amide bonds. The van der Waals surface area contributed by atoms with Gasteiger partial charge in [0.1, 0.15) is 0 Å². The standard InChI is InChI=1S/C16H16FN5O/c1-21(11-12-8-9-15(23-2)14(17)10-12)16-18-19-20-22(16)13-6-4-3-5-7-13/h3-10H,11H2,1-2H3. The molecule has 0 saturated heterocycles. The van der Waals surface area contributed by atoms with Crippen LogP contribution < -0.4 is 9.64 Å². The second kappa shape index (κ2) is 6.43. The van der Waals surface area contributed by atoms with Crippen molar-refractivity contribution < 1.29 is 9.13 Å². The molecule has 0 atom stereocenters. The summed E-state index contributed by atoms with van der Waals surface area (Å²) >= 11 is 0. The number of halogens is 1. The molecule has 0 fully saturated rings. The molecule has 0 saturated carbocycles. The van der Waals surface area contributed by atoms with E-state index < -0.39 is 0 Å². The fraction of sp³-hybridized carbons (Fsp3) is 0.188. The molecule has 3 aromatic rings. The van der Waals surface area contributed by atoms with Crippen LogP contribution in [0.15, 0.2) is 48.5 Å². The molecule has 0 bridgehead atoms. The quantitative estimate of drug-likeness (QED) is 0.724. The maximum atomic E-state index is 13.8. The van der Waals surface area contributed by atoms with E-state index in [2.05, 4.69) is 15.5 Å². The van der Waals surface area contributed by atoms with E-state index >= 15 is 0 Å². The molecule has 0 aliphatic carbocycles. The molecular formula is C16H16FN5O. The molecule has 3 rings (SSSR count). The summed E-state index contributed by atoms with van der Waals surface area (Å²) in [6.07, 6.45) is 0. The molecule has 0 N–H and O–H groups in total. The van der Waals surface area contributed by atoms with Crippen LogP contribution >= 0.6 is 0 Å². The van der Waals surface area contributed by atoms with Gasteiger partial charge in [-0.25, -0.2) is 4.39 Å². The SMILES string of the molecule is COc1ccc(CN(C)c2nnnn2-c2ccccc2)cc1F. The van der Waals surface area contributed by atoms with E-state index in [1.807, 2.05) is 48.3 Å². The molecule has 0 aliphatic heterocycles. The van der Waals surface area contributed by atoms with Crippen molar-refractivity contribution in [2.45, 2.75) is 6.54 Å². The summed E-state index contributed by atoms with van der Waals surface area (Å²) in [7, 11) is 3.30. The van der Waals surface area contributed by atoms with Crippen molar-refractivity contribution in [2.75, 3.05) is 19.1 Å². The van der Waals surface area contributed by atoms with Crippen LogP contribution in [0.2, 0.25) is 0 Å². The summed E-state index contributed by atoms with van der Waals surface area (Å²) < 4.78 is 20.4. The summed E-state index contributed by atoms with van der Waals surface area (Å²) in [5.41, 5.74) is 1.66. The molecule has 23 heavy (non-hydrogen) atoms. The van der Waals surface area contributed by atoms with Crippen LogP contribution in [0.25, 0.3) is 5.69 Å². The van der Waals surface area contributed by atoms with Crippen molar-refractivity contribution in [3.8, 4) is 11.4 Å². The number of anilines is 1. The van der Waals surface area contributed by atoms with Crippen LogP contribution in [0.3, 0.4) is 0 Å². The van der Waals surface area contributed by atoms with Crippen LogP contribution in [0.1, 0.15) is 5.56 Å². The second-order valence-electron chi connectivity index (χ2n) is 5.05. The van der Waals surface area contributed by atoms with Gasteiger partial charge in [-0.3, -0.25) is 0 Å². The highest BCUT2D eigenvalue weighted by Crippen LogP contribution is 2.20. The zero-order chi connectivity index (χ0) is 16.2. The predicted octanol–water partition coefficient (Wildman–Crippen LogP) is 2.45. The monoisotopic (exact) mass is 313 g/mol. The Hall–Kier alpha value is -2.96. The first kappa shape index (κ1) is 15.0. The second-order valence-corrected chi connectivity index (χ2v) is 5.05. The summed E-state index contributed by atoms with van der Waals surface area (Å²) in [6, 6.07) is 14.5. The van der Waals surface area contributed by atoms with Crippen LogP contribution in [0.4, 0.5) is 10.3 Å². The van der Waals surface area contributed by atoms with Gasteiger partial charge < -0.3 is 9.64 Å². The van der Waals surface area contributed by atoms with Gasteiger partial charge in [0, 0.05) is 13.6 Å². The molecule has 1 aromatic heterocycles. The van der Waals surface area contributed by atoms with E-state index in [0.717, 1.165) is 11.3 Å². The third-order valence-corrected chi connectivity index (χ3v) is 3.43. The fourth-order valence-corrected chi connectivity index (χ4v) is 2.31. The van der Waals surface area contributed by atoms with Crippen molar-refractivity contribution in [1.29, 1.82) is 0 Å². The first-order valence-electron chi connectivity index (χ1n) is 7.06. The molecule has 2 aromatic carbocycles. The Bertz CT molecular complexity index is 790. The van der Waals surface area contributed by atoms with E-state index in [0.29, 0.717) is 12.5 Å². The zero-order valence-corrected chi connectivity index (χ0v) is 12.8. The van der Waals surface area contributed by atoms with Gasteiger partial charge in [-0.2, -0.15) is 4.68 Å². The summed E-state index contributed by atoms with van der Waals surface area (Å²) in [6.45, 7) is 0.466. The van der Waals surface area contributed by atoms with E-state index in [1.165, 1.54) is 13.2 Å². The number of benzene rings is 2. The number of aromatic nitrogens is 4. The Morgan fingerprint density at radius 2 is 1.96 bits per heavy atom. The van der Waals surface area contributed by atoms with Gasteiger partial charge in [0.2, 0.25) is 5.95 Å². The average Bonchev–Trinajstić information content (AvgIpc) is 3.05. The van der Waals surface area contributed by atoms with Crippen molar-refractivity contribution in [3.05, 3.63) is 59.9 Å². The Morgan fingerprint density at radius 3 is 2.65 bits per heavy atom. The van der Waals surface area contributed by atoms with Crippen LogP contribution in [0.5, 0.6) is 5.75 Å². The van der Waals surface area contributed by atoms with Gasteiger partial charge in [0.05, 0.1) is 12.8 Å². The maximum absolute atomic E-state index is 13.8. The Balaban J connectivity index is 1.83. The highest BCUT2D eigenvalue weighted by Gasteiger charge is 2.14. The van der Waals surface area contributed by atoms with Crippen LogP contribution in [-0.4, -0.2) is 34.4 Å². The fourth-order valence-electron chi connectivity index (χ4n) is 2.31. The normalized spacial score (nSPS) is 10.6. The topological polar surface area (TPSA) is 56.1 Å². The van der Waals surface area contributed by atoms with Crippen LogP contribution in [-0.2, 0) is 6.54 Å². The van der Waals surface area contributed by atoms with Crippen molar-refractivity contribution in [2.24, 2.45) is 0 Å². The van der Waals surface area contributed by atoms with E-state index in [1.54, 1.807) is 10.7 Å². The summed E-state index contributed by atoms with van der Waals surface area (Å²) in [5.74, 6) is 0.416. The molecule has 1 heterocycles. The molecule has 0 spiro atoms. The highest BCUT2D eigenvalue weighted by molar-refractivity contribution is 5.41. The molecule has 0 radical (unpaired) electrons. The van der Waals surface area contributed by atoms with Gasteiger partial charge in [0.15, 0.2) is 11.6 Å². The number of ether oxygens (including phenoxy) is 1. The Labute approximate surface area is 133 Å². The third kappa shape index (κ3) is 3.13. The zero-order valence-electron chi connectivity index (χ0n) is 12.8. The Morgan fingerprint density at radius 1 is 1.17 bits per heavy atom. The number of hydrogen-bond donors (Lipinski definition) is 0. The smallest absolute Gasteiger partial charge is 0.250 e. The number of nitrogens with zero attached hydrogens (tertiary/aromatic N) is 5. The lowest BCUT2D eigenvalue weighted by atomic mass is 10.2. The lowest BCUT2D eigenvalue weighted by Gasteiger charge is -2.18. The number of para-hydroxylation sites is 1. The predicted molar refractivity (Wildman–Crippen MR) is 84.2 cm³/mol. The molecule has 0 aliphatic rings. The number of hydrogen-bond acceptors (Lipinski definition) is 5. The average molecular weight is 313 g/mol. The molecule has 6 nitrogen and oxygen atoms in total. The summed E-state index contributed by atoms with van der Waals surface area (Å²) in [5, 5.41) is 11.8. The first-order chi connectivity index (χ1) is 11.2. The molecular weight excluding hydrogens is 297 g/mol. The van der Waals surface area contributed by atoms with Crippen molar-refractivity contribution in [1.82, 2.24) is 20.2 Å². The van der Waals surface area contributed by atoms with Crippen molar-refractivity contribution in [3.63, 3.8) is 0 Å². The van der Waals surface area contributed by atoms with E-state index in [-0.39, 0.29) is 11.6 Å². The summed E-state index contributed by atoms with van der Waals surface area (Å²) in [4.78, 5) is 1.86. The van der Waals surface area contributed by atoms with E-state index in [4.69, 9.17) is 4.74 Å². The molecule has 118 valence electrons. The lowest BCUT2D eigenvalue weighted by molar-refractivity contribution is 0.386. The van der Waals surface area contributed by atoms with Crippen molar-refractivity contribution >= 4 is 5.95 Å². The van der Waals surface area contributed by atoms with Gasteiger partial charge in [0.25, 0.3) is 0 Å². The van der Waals surface area contributed by atoms with Crippen LogP contribution in [0, 0.1) is 5.82 Å². The first-order valence-corrected chi connectivity index (χ1v) is 7.06. The largest absolute Gasteiger partial charge is 0.494 e. The lowest BCUT2D eigenvalue weighted by Crippen LogP contribution is -2.21. The maximum Gasteiger partial charge on any atom is 0.250 e. The van der Waals surface area contributed by atoms with Gasteiger partial charge in [-0.15, -0.1) is 0 Å².